The summed E-state index contributed by atoms with van der Waals surface area (Å²) in [5.41, 5.74) is -2.23. The van der Waals surface area contributed by atoms with Crippen molar-refractivity contribution in [2.24, 2.45) is 0 Å². The second-order valence-corrected chi connectivity index (χ2v) is 5.52. The van der Waals surface area contributed by atoms with Gasteiger partial charge in [-0.3, -0.25) is 0 Å². The maximum atomic E-state index is 14.6. The Labute approximate surface area is 141 Å². The van der Waals surface area contributed by atoms with E-state index >= 15 is 0 Å². The fraction of sp³-hybridized carbons (Fsp3) is 0.294. The van der Waals surface area contributed by atoms with Gasteiger partial charge in [0.15, 0.2) is 0 Å². The zero-order valence-corrected chi connectivity index (χ0v) is 13.4. The summed E-state index contributed by atoms with van der Waals surface area (Å²) in [6, 6.07) is 4.07. The first-order chi connectivity index (χ1) is 11.9. The average molecular weight is 353 g/mol. The summed E-state index contributed by atoms with van der Waals surface area (Å²) >= 11 is 0. The minimum Gasteiger partial charge on any atom is -0.464 e. The molecule has 8 heteroatoms. The molecule has 1 saturated heterocycles. The molecule has 3 rings (SSSR count). The van der Waals surface area contributed by atoms with Crippen LogP contribution in [0.25, 0.3) is 11.3 Å². The molecule has 0 N–H and O–H groups in total. The van der Waals surface area contributed by atoms with E-state index < -0.39 is 40.3 Å². The highest BCUT2D eigenvalue weighted by Gasteiger charge is 2.41. The first kappa shape index (κ1) is 17.4. The molecule has 0 bridgehead atoms. The van der Waals surface area contributed by atoms with E-state index in [0.29, 0.717) is 0 Å². The van der Waals surface area contributed by atoms with Crippen LogP contribution in [-0.4, -0.2) is 38.4 Å². The van der Waals surface area contributed by atoms with Crippen molar-refractivity contribution in [1.29, 1.82) is 0 Å². The third-order valence-corrected chi connectivity index (χ3v) is 4.11. The molecule has 1 aromatic carbocycles. The Morgan fingerprint density at radius 3 is 2.24 bits per heavy atom. The van der Waals surface area contributed by atoms with Crippen molar-refractivity contribution in [3.8, 4) is 11.3 Å². The number of hydrogen-bond acceptors (Lipinski definition) is 5. The number of nitrogens with zero attached hydrogens (tertiary/aromatic N) is 1. The highest BCUT2D eigenvalue weighted by Crippen LogP contribution is 2.37. The van der Waals surface area contributed by atoms with Gasteiger partial charge in [0.1, 0.15) is 34.4 Å². The summed E-state index contributed by atoms with van der Waals surface area (Å²) in [6.07, 6.45) is 0. The maximum absolute atomic E-state index is 14.6. The number of aromatic nitrogens is 1. The molecule has 1 aliphatic heterocycles. The van der Waals surface area contributed by atoms with E-state index in [2.05, 4.69) is 9.72 Å². The Bertz CT molecular complexity index is 808. The van der Waals surface area contributed by atoms with E-state index in [1.165, 1.54) is 7.11 Å². The molecule has 0 unspecified atom stereocenters. The Morgan fingerprint density at radius 2 is 1.76 bits per heavy atom. The SMILES string of the molecule is COC(=O)c1ccc(F)c(-c2c(F)cc(C3(OC)COC3)cc2F)n1. The Balaban J connectivity index is 2.11. The quantitative estimate of drug-likeness (QED) is 0.791. The van der Waals surface area contributed by atoms with Crippen LogP contribution in [0.4, 0.5) is 13.2 Å². The van der Waals surface area contributed by atoms with Gasteiger partial charge in [-0.25, -0.2) is 22.9 Å². The van der Waals surface area contributed by atoms with Crippen molar-refractivity contribution in [1.82, 2.24) is 4.98 Å². The maximum Gasteiger partial charge on any atom is 0.356 e. The van der Waals surface area contributed by atoms with Crippen LogP contribution in [0, 0.1) is 17.5 Å². The van der Waals surface area contributed by atoms with Gasteiger partial charge in [0, 0.05) is 7.11 Å². The molecule has 132 valence electrons. The second-order valence-electron chi connectivity index (χ2n) is 5.52. The minimum atomic E-state index is -1.02. The van der Waals surface area contributed by atoms with Crippen molar-refractivity contribution in [3.63, 3.8) is 0 Å². The number of esters is 1. The predicted octanol–water partition coefficient (Wildman–Crippen LogP) is 2.82. The molecule has 1 aromatic heterocycles. The van der Waals surface area contributed by atoms with E-state index in [1.807, 2.05) is 0 Å². The van der Waals surface area contributed by atoms with E-state index in [1.54, 1.807) is 0 Å². The topological polar surface area (TPSA) is 57.7 Å². The Hall–Kier alpha value is -2.45. The summed E-state index contributed by atoms with van der Waals surface area (Å²) in [6.45, 7) is 0.318. The number of benzene rings is 1. The number of carbonyl (C=O) groups excluding carboxylic acids is 1. The van der Waals surface area contributed by atoms with Crippen LogP contribution in [0.1, 0.15) is 16.1 Å². The lowest BCUT2D eigenvalue weighted by molar-refractivity contribution is -0.202. The van der Waals surface area contributed by atoms with E-state index in [9.17, 15) is 18.0 Å². The molecule has 2 aromatic rings. The molecule has 0 atom stereocenters. The van der Waals surface area contributed by atoms with Gasteiger partial charge >= 0.3 is 5.97 Å². The van der Waals surface area contributed by atoms with Gasteiger partial charge < -0.3 is 14.2 Å². The normalized spacial score (nSPS) is 15.6. The molecule has 0 saturated carbocycles. The third-order valence-electron chi connectivity index (χ3n) is 4.11. The molecule has 5 nitrogen and oxygen atoms in total. The number of methoxy groups -OCH3 is 2. The monoisotopic (exact) mass is 353 g/mol. The van der Waals surface area contributed by atoms with Crippen molar-refractivity contribution < 1.29 is 32.2 Å². The Morgan fingerprint density at radius 1 is 1.12 bits per heavy atom. The minimum absolute atomic E-state index is 0.159. The zero-order valence-electron chi connectivity index (χ0n) is 13.4. The molecule has 0 amide bonds. The van der Waals surface area contributed by atoms with Gasteiger partial charge in [-0.15, -0.1) is 0 Å². The number of halogens is 3. The van der Waals surface area contributed by atoms with Crippen molar-refractivity contribution in [2.45, 2.75) is 5.60 Å². The van der Waals surface area contributed by atoms with Gasteiger partial charge in [-0.05, 0) is 29.8 Å². The lowest BCUT2D eigenvalue weighted by Gasteiger charge is -2.40. The van der Waals surface area contributed by atoms with E-state index in [0.717, 1.165) is 31.4 Å². The molecular weight excluding hydrogens is 339 g/mol. The summed E-state index contributed by atoms with van der Waals surface area (Å²) in [7, 11) is 2.53. The van der Waals surface area contributed by atoms with Crippen LogP contribution in [0.3, 0.4) is 0 Å². The molecule has 0 aliphatic carbocycles. The Kier molecular flexibility index (Phi) is 4.49. The van der Waals surface area contributed by atoms with Crippen LogP contribution in [0.2, 0.25) is 0 Å². The van der Waals surface area contributed by atoms with E-state index in [-0.39, 0.29) is 24.5 Å². The number of pyridine rings is 1. The average Bonchev–Trinajstić information content (AvgIpc) is 2.54. The van der Waals surface area contributed by atoms with Gasteiger partial charge in [-0.2, -0.15) is 0 Å². The van der Waals surface area contributed by atoms with Crippen LogP contribution in [0.15, 0.2) is 24.3 Å². The van der Waals surface area contributed by atoms with Crippen LogP contribution in [0.5, 0.6) is 0 Å². The van der Waals surface area contributed by atoms with Gasteiger partial charge in [0.25, 0.3) is 0 Å². The number of hydrogen-bond donors (Lipinski definition) is 0. The summed E-state index contributed by atoms with van der Waals surface area (Å²) in [5, 5.41) is 0. The first-order valence-corrected chi connectivity index (χ1v) is 7.29. The highest BCUT2D eigenvalue weighted by molar-refractivity contribution is 5.87. The van der Waals surface area contributed by atoms with Gasteiger partial charge in [-0.1, -0.05) is 0 Å². The highest BCUT2D eigenvalue weighted by atomic mass is 19.1. The standard InChI is InChI=1S/C17H14F3NO4/c1-23-16(22)13-4-3-10(18)15(21-13)14-11(19)5-9(6-12(14)20)17(24-2)7-25-8-17/h3-6H,7-8H2,1-2H3. The van der Waals surface area contributed by atoms with Crippen LogP contribution < -0.4 is 0 Å². The smallest absolute Gasteiger partial charge is 0.356 e. The molecule has 0 radical (unpaired) electrons. The molecule has 25 heavy (non-hydrogen) atoms. The molecule has 2 heterocycles. The van der Waals surface area contributed by atoms with Gasteiger partial charge in [0.2, 0.25) is 0 Å². The molecule has 1 fully saturated rings. The van der Waals surface area contributed by atoms with Crippen LogP contribution in [-0.2, 0) is 19.8 Å². The lowest BCUT2D eigenvalue weighted by atomic mass is 9.90. The number of rotatable bonds is 4. The second kappa shape index (κ2) is 6.45. The fourth-order valence-corrected chi connectivity index (χ4v) is 2.59. The number of carbonyl (C=O) groups is 1. The first-order valence-electron chi connectivity index (χ1n) is 7.29. The van der Waals surface area contributed by atoms with Crippen molar-refractivity contribution in [3.05, 3.63) is 53.0 Å². The summed E-state index contributed by atoms with van der Waals surface area (Å²) in [5.74, 6) is -3.85. The summed E-state index contributed by atoms with van der Waals surface area (Å²) < 4.78 is 58.0. The largest absolute Gasteiger partial charge is 0.464 e. The number of ether oxygens (including phenoxy) is 3. The van der Waals surface area contributed by atoms with Crippen LogP contribution >= 0.6 is 0 Å². The fourth-order valence-electron chi connectivity index (χ4n) is 2.59. The van der Waals surface area contributed by atoms with E-state index in [4.69, 9.17) is 9.47 Å². The summed E-state index contributed by atoms with van der Waals surface area (Å²) in [4.78, 5) is 15.2. The molecule has 0 spiro atoms. The zero-order chi connectivity index (χ0) is 18.2. The van der Waals surface area contributed by atoms with Crippen molar-refractivity contribution in [2.75, 3.05) is 27.4 Å². The van der Waals surface area contributed by atoms with Crippen molar-refractivity contribution >= 4 is 5.97 Å². The lowest BCUT2D eigenvalue weighted by Crippen LogP contribution is -2.48. The van der Waals surface area contributed by atoms with Gasteiger partial charge in [0.05, 0.1) is 25.9 Å². The molecule has 1 aliphatic rings. The predicted molar refractivity (Wildman–Crippen MR) is 80.4 cm³/mol. The molecular formula is C17H14F3NO4. The third kappa shape index (κ3) is 2.87.